The molecule has 0 radical (unpaired) electrons. The van der Waals surface area contributed by atoms with Crippen molar-refractivity contribution in [1.82, 2.24) is 15.2 Å². The Morgan fingerprint density at radius 3 is 2.40 bits per heavy atom. The molecule has 8 heteroatoms. The molecule has 3 aromatic rings. The zero-order chi connectivity index (χ0) is 18.0. The molecule has 0 unspecified atom stereocenters. The number of aromatic amines is 3. The molecule has 0 aliphatic heterocycles. The Morgan fingerprint density at radius 2 is 1.76 bits per heavy atom. The fourth-order valence-electron chi connectivity index (χ4n) is 2.38. The van der Waals surface area contributed by atoms with Crippen LogP contribution in [-0.4, -0.2) is 15.2 Å². The van der Waals surface area contributed by atoms with Crippen LogP contribution in [0.25, 0.3) is 12.2 Å². The molecule has 25 heavy (non-hydrogen) atoms. The fourth-order valence-corrected chi connectivity index (χ4v) is 2.38. The van der Waals surface area contributed by atoms with E-state index in [1.807, 2.05) is 12.1 Å². The highest BCUT2D eigenvalue weighted by Gasteiger charge is 2.31. The monoisotopic (exact) mass is 348 g/mol. The summed E-state index contributed by atoms with van der Waals surface area (Å²) < 4.78 is 37.9. The second-order valence-electron chi connectivity index (χ2n) is 5.53. The standard InChI is InChI=1S/C17H15F3N4O/c18-17(19,20)15-8-6-12(22-15)9-13-14(23-24-16(13)25)7-3-10-1-4-11(21)5-2-10/h1-2,4-9,22-23H,3,21H2,(H,24,25). The predicted octanol–water partition coefficient (Wildman–Crippen LogP) is 1.48. The third kappa shape index (κ3) is 3.85. The second-order valence-corrected chi connectivity index (χ2v) is 5.53. The van der Waals surface area contributed by atoms with Gasteiger partial charge in [0.2, 0.25) is 0 Å². The van der Waals surface area contributed by atoms with Crippen LogP contribution >= 0.6 is 0 Å². The van der Waals surface area contributed by atoms with Crippen molar-refractivity contribution in [2.24, 2.45) is 0 Å². The number of H-pyrrole nitrogens is 3. The number of anilines is 1. The van der Waals surface area contributed by atoms with Crippen LogP contribution in [0.5, 0.6) is 0 Å². The lowest BCUT2D eigenvalue weighted by Crippen LogP contribution is -2.33. The summed E-state index contributed by atoms with van der Waals surface area (Å²) in [6.07, 6.45) is -0.767. The Kier molecular flexibility index (Phi) is 4.26. The van der Waals surface area contributed by atoms with Gasteiger partial charge in [-0.3, -0.25) is 15.0 Å². The maximum atomic E-state index is 12.6. The molecule has 0 amide bonds. The lowest BCUT2D eigenvalue weighted by molar-refractivity contribution is -0.140. The van der Waals surface area contributed by atoms with Crippen molar-refractivity contribution in [2.75, 3.05) is 5.73 Å². The van der Waals surface area contributed by atoms with E-state index in [9.17, 15) is 18.0 Å². The number of rotatable bonds is 3. The number of hydrogen-bond acceptors (Lipinski definition) is 2. The molecular formula is C17H15F3N4O. The molecule has 5 nitrogen and oxygen atoms in total. The van der Waals surface area contributed by atoms with Gasteiger partial charge in [0.25, 0.3) is 5.56 Å². The molecule has 0 bridgehead atoms. The molecule has 0 spiro atoms. The summed E-state index contributed by atoms with van der Waals surface area (Å²) in [7, 11) is 0. The van der Waals surface area contributed by atoms with Gasteiger partial charge in [-0.15, -0.1) is 0 Å². The van der Waals surface area contributed by atoms with Crippen molar-refractivity contribution in [3.05, 3.63) is 74.3 Å². The number of nitrogens with one attached hydrogen (secondary N) is 3. The number of benzene rings is 1. The summed E-state index contributed by atoms with van der Waals surface area (Å²) in [4.78, 5) is 14.2. The Hall–Kier alpha value is -3.16. The molecule has 5 N–H and O–H groups in total. The van der Waals surface area contributed by atoms with Crippen molar-refractivity contribution in [3.63, 3.8) is 0 Å². The topological polar surface area (TPSA) is 90.5 Å². The first-order valence-electron chi connectivity index (χ1n) is 7.42. The van der Waals surface area contributed by atoms with Gasteiger partial charge in [0.15, 0.2) is 0 Å². The summed E-state index contributed by atoms with van der Waals surface area (Å²) in [5, 5.41) is 5.93. The molecule has 2 heterocycles. The maximum absolute atomic E-state index is 12.6. The summed E-state index contributed by atoms with van der Waals surface area (Å²) in [6.45, 7) is 0. The van der Waals surface area contributed by atoms with Gasteiger partial charge in [0.1, 0.15) is 5.69 Å². The number of alkyl halides is 3. The third-order valence-corrected chi connectivity index (χ3v) is 3.68. The van der Waals surface area contributed by atoms with Crippen LogP contribution in [-0.2, 0) is 12.6 Å². The Balaban J connectivity index is 1.96. The molecule has 0 fully saturated rings. The van der Waals surface area contributed by atoms with Gasteiger partial charge >= 0.3 is 6.18 Å². The van der Waals surface area contributed by atoms with Crippen molar-refractivity contribution < 1.29 is 13.2 Å². The lowest BCUT2D eigenvalue weighted by atomic mass is 10.1. The molecule has 2 aromatic heterocycles. The highest BCUT2D eigenvalue weighted by atomic mass is 19.4. The van der Waals surface area contributed by atoms with Crippen molar-refractivity contribution >= 4 is 17.8 Å². The Bertz CT molecular complexity index is 1040. The summed E-state index contributed by atoms with van der Waals surface area (Å²) in [5.41, 5.74) is 6.19. The maximum Gasteiger partial charge on any atom is 0.431 e. The van der Waals surface area contributed by atoms with E-state index in [2.05, 4.69) is 15.2 Å². The number of nitrogen functional groups attached to an aromatic ring is 1. The van der Waals surface area contributed by atoms with E-state index >= 15 is 0 Å². The molecule has 0 saturated carbocycles. The normalized spacial score (nSPS) is 13.6. The highest BCUT2D eigenvalue weighted by molar-refractivity contribution is 5.47. The molecule has 0 atom stereocenters. The smallest absolute Gasteiger partial charge is 0.399 e. The summed E-state index contributed by atoms with van der Waals surface area (Å²) in [6, 6.07) is 9.48. The van der Waals surface area contributed by atoms with Crippen LogP contribution in [0.15, 0.2) is 41.2 Å². The van der Waals surface area contributed by atoms with Gasteiger partial charge in [-0.05, 0) is 42.3 Å². The molecule has 1 aromatic carbocycles. The van der Waals surface area contributed by atoms with Gasteiger partial charge in [0, 0.05) is 11.4 Å². The summed E-state index contributed by atoms with van der Waals surface area (Å²) >= 11 is 0. The SMILES string of the molecule is Nc1ccc(CC=c2[nH][nH]c(=O)c2=Cc2ccc(C(F)(F)F)[nH]2)cc1. The first-order chi connectivity index (χ1) is 11.8. The molecule has 3 rings (SSSR count). The van der Waals surface area contributed by atoms with Crippen molar-refractivity contribution in [3.8, 4) is 0 Å². The lowest BCUT2D eigenvalue weighted by Gasteiger charge is -2.01. The highest BCUT2D eigenvalue weighted by Crippen LogP contribution is 2.28. The van der Waals surface area contributed by atoms with E-state index in [4.69, 9.17) is 5.73 Å². The van der Waals surface area contributed by atoms with Crippen LogP contribution < -0.4 is 21.9 Å². The number of aromatic nitrogens is 3. The van der Waals surface area contributed by atoms with Gasteiger partial charge in [-0.1, -0.05) is 18.2 Å². The van der Waals surface area contributed by atoms with E-state index in [0.717, 1.165) is 11.6 Å². The average Bonchev–Trinajstić information content (AvgIpc) is 3.16. The first-order valence-corrected chi connectivity index (χ1v) is 7.42. The van der Waals surface area contributed by atoms with Gasteiger partial charge < -0.3 is 10.7 Å². The fraction of sp³-hybridized carbons (Fsp3) is 0.118. The zero-order valence-corrected chi connectivity index (χ0v) is 12.9. The molecule has 0 saturated heterocycles. The van der Waals surface area contributed by atoms with Crippen LogP contribution in [0, 0.1) is 0 Å². The minimum atomic E-state index is -4.46. The molecule has 0 aliphatic rings. The van der Waals surface area contributed by atoms with E-state index in [1.54, 1.807) is 18.2 Å². The quantitative estimate of drug-likeness (QED) is 0.540. The number of nitrogens with two attached hydrogens (primary N) is 1. The van der Waals surface area contributed by atoms with Crippen LogP contribution in [0.4, 0.5) is 18.9 Å². The van der Waals surface area contributed by atoms with Crippen LogP contribution in [0.3, 0.4) is 0 Å². The zero-order valence-electron chi connectivity index (χ0n) is 12.9. The number of halogens is 3. The predicted molar refractivity (Wildman–Crippen MR) is 89.0 cm³/mol. The van der Waals surface area contributed by atoms with E-state index in [-0.39, 0.29) is 10.9 Å². The molecule has 0 aliphatic carbocycles. The molecule has 130 valence electrons. The van der Waals surface area contributed by atoms with Gasteiger partial charge in [-0.2, -0.15) is 13.2 Å². The average molecular weight is 348 g/mol. The first kappa shape index (κ1) is 16.7. The van der Waals surface area contributed by atoms with Gasteiger partial charge in [-0.25, -0.2) is 0 Å². The Labute approximate surface area is 139 Å². The minimum absolute atomic E-state index is 0.194. The van der Waals surface area contributed by atoms with E-state index in [1.165, 1.54) is 12.1 Å². The van der Waals surface area contributed by atoms with E-state index < -0.39 is 17.4 Å². The molecular weight excluding hydrogens is 333 g/mol. The van der Waals surface area contributed by atoms with E-state index in [0.29, 0.717) is 17.5 Å². The second kappa shape index (κ2) is 6.39. The Morgan fingerprint density at radius 1 is 1.04 bits per heavy atom. The van der Waals surface area contributed by atoms with Gasteiger partial charge in [0.05, 0.1) is 10.6 Å². The minimum Gasteiger partial charge on any atom is -0.399 e. The largest absolute Gasteiger partial charge is 0.431 e. The van der Waals surface area contributed by atoms with Crippen molar-refractivity contribution in [2.45, 2.75) is 12.6 Å². The van der Waals surface area contributed by atoms with Crippen LogP contribution in [0.1, 0.15) is 17.0 Å². The number of hydrogen-bond donors (Lipinski definition) is 4. The van der Waals surface area contributed by atoms with Crippen molar-refractivity contribution in [1.29, 1.82) is 0 Å². The van der Waals surface area contributed by atoms with Crippen LogP contribution in [0.2, 0.25) is 0 Å². The summed E-state index contributed by atoms with van der Waals surface area (Å²) in [5.74, 6) is 0. The third-order valence-electron chi connectivity index (χ3n) is 3.68.